The number of hydrogen-bond donors (Lipinski definition) is 4. The van der Waals surface area contributed by atoms with Gasteiger partial charge in [0.2, 0.25) is 17.7 Å². The minimum Gasteiger partial charge on any atom is -0.463 e. The Hall–Kier alpha value is -5.79. The average molecular weight is 774 g/mol. The van der Waals surface area contributed by atoms with Crippen molar-refractivity contribution < 1.29 is 43.0 Å². The molecule has 1 heterocycles. The lowest BCUT2D eigenvalue weighted by Gasteiger charge is -2.23. The molecule has 14 nitrogen and oxygen atoms in total. The van der Waals surface area contributed by atoms with E-state index < -0.39 is 30.0 Å². The van der Waals surface area contributed by atoms with E-state index in [9.17, 15) is 33.6 Å². The largest absolute Gasteiger partial charge is 0.463 e. The third-order valence-electron chi connectivity index (χ3n) is 9.06. The number of unbranched alkanes of at least 4 members (excludes halogenated alkanes) is 8. The molecule has 56 heavy (non-hydrogen) atoms. The molecule has 0 radical (unpaired) electrons. The molecule has 1 aliphatic rings. The normalized spacial score (nSPS) is 13.0. The first-order chi connectivity index (χ1) is 27.2. The highest BCUT2D eigenvalue weighted by Crippen LogP contribution is 2.15. The van der Waals surface area contributed by atoms with Gasteiger partial charge in [0.25, 0.3) is 18.3 Å². The molecule has 0 saturated carbocycles. The summed E-state index contributed by atoms with van der Waals surface area (Å²) in [6.07, 6.45) is 12.5. The number of hydrogen-bond acceptors (Lipinski definition) is 9. The second kappa shape index (κ2) is 26.1. The van der Waals surface area contributed by atoms with Crippen LogP contribution in [0.5, 0.6) is 0 Å². The van der Waals surface area contributed by atoms with Crippen LogP contribution in [-0.2, 0) is 51.3 Å². The van der Waals surface area contributed by atoms with Crippen molar-refractivity contribution >= 4 is 47.8 Å². The molecule has 6 amide bonds. The summed E-state index contributed by atoms with van der Waals surface area (Å²) in [6, 6.07) is 14.2. The van der Waals surface area contributed by atoms with Crippen LogP contribution in [0.2, 0.25) is 0 Å². The molecule has 0 saturated heterocycles. The van der Waals surface area contributed by atoms with Crippen molar-refractivity contribution in [2.45, 2.75) is 102 Å². The number of imide groups is 1. The molecule has 2 atom stereocenters. The van der Waals surface area contributed by atoms with E-state index in [-0.39, 0.29) is 50.2 Å². The molecule has 0 spiro atoms. The zero-order valence-electron chi connectivity index (χ0n) is 32.0. The van der Waals surface area contributed by atoms with Crippen LogP contribution in [0.1, 0.15) is 88.2 Å². The third kappa shape index (κ3) is 17.6. The zero-order chi connectivity index (χ0) is 40.4. The van der Waals surface area contributed by atoms with Gasteiger partial charge in [0, 0.05) is 43.8 Å². The Morgan fingerprint density at radius 2 is 1.39 bits per heavy atom. The molecular weight excluding hydrogens is 718 g/mol. The van der Waals surface area contributed by atoms with E-state index in [0.29, 0.717) is 44.5 Å². The smallest absolute Gasteiger partial charge is 0.407 e. The minimum atomic E-state index is -0.953. The van der Waals surface area contributed by atoms with E-state index in [1.54, 1.807) is 24.3 Å². The predicted molar refractivity (Wildman–Crippen MR) is 211 cm³/mol. The van der Waals surface area contributed by atoms with E-state index in [1.165, 1.54) is 23.1 Å². The number of anilines is 1. The lowest BCUT2D eigenvalue weighted by Crippen LogP contribution is -2.53. The molecule has 0 bridgehead atoms. The summed E-state index contributed by atoms with van der Waals surface area (Å²) in [5.41, 5.74) is 2.06. The van der Waals surface area contributed by atoms with Gasteiger partial charge in [0.15, 0.2) is 0 Å². The van der Waals surface area contributed by atoms with Crippen molar-refractivity contribution in [1.29, 1.82) is 0 Å². The molecule has 2 aromatic rings. The first kappa shape index (κ1) is 44.6. The van der Waals surface area contributed by atoms with Gasteiger partial charge >= 0.3 is 6.09 Å². The minimum absolute atomic E-state index is 0.0853. The van der Waals surface area contributed by atoms with Crippen LogP contribution in [0.4, 0.5) is 10.5 Å². The van der Waals surface area contributed by atoms with Crippen LogP contribution in [0.15, 0.2) is 79.4 Å². The highest BCUT2D eigenvalue weighted by molar-refractivity contribution is 6.12. The van der Waals surface area contributed by atoms with E-state index >= 15 is 0 Å². The number of nitrogens with zero attached hydrogens (tertiary/aromatic N) is 1. The maximum absolute atomic E-state index is 13.8. The monoisotopic (exact) mass is 773 g/mol. The Morgan fingerprint density at radius 1 is 0.732 bits per heavy atom. The first-order valence-electron chi connectivity index (χ1n) is 19.3. The zero-order valence-corrected chi connectivity index (χ0v) is 32.0. The second-order valence-corrected chi connectivity index (χ2v) is 13.5. The summed E-state index contributed by atoms with van der Waals surface area (Å²) in [5.74, 6) is -1.69. The number of carbonyl (C=O) groups excluding carboxylic acids is 7. The van der Waals surface area contributed by atoms with Crippen LogP contribution < -0.4 is 21.3 Å². The van der Waals surface area contributed by atoms with E-state index in [0.717, 1.165) is 56.1 Å². The van der Waals surface area contributed by atoms with Gasteiger partial charge in [-0.1, -0.05) is 93.6 Å². The van der Waals surface area contributed by atoms with E-state index in [2.05, 4.69) is 27.8 Å². The van der Waals surface area contributed by atoms with Crippen molar-refractivity contribution in [2.75, 3.05) is 25.0 Å². The lowest BCUT2D eigenvalue weighted by atomic mass is 10.0. The molecule has 0 aromatic heterocycles. The molecule has 0 aliphatic carbocycles. The number of rotatable bonds is 28. The summed E-state index contributed by atoms with van der Waals surface area (Å²) in [7, 11) is 0. The van der Waals surface area contributed by atoms with Crippen LogP contribution in [0.3, 0.4) is 0 Å². The predicted octanol–water partition coefficient (Wildman–Crippen LogP) is 5.03. The summed E-state index contributed by atoms with van der Waals surface area (Å²) in [4.78, 5) is 87.4. The SMILES string of the molecule is C=CCOC(=O)NCCCC[C@H](NC(=O)[C@H](Cc1ccccc1)NC(=O)CCCCCCCCCCN1C(=O)C=CC1=O)C(=O)Nc1ccc(COC=O)cc1. The average Bonchev–Trinajstić information content (AvgIpc) is 3.52. The molecule has 0 fully saturated rings. The third-order valence-corrected chi connectivity index (χ3v) is 9.06. The summed E-state index contributed by atoms with van der Waals surface area (Å²) in [5, 5.41) is 11.2. The fraction of sp³-hybridized carbons (Fsp3) is 0.452. The van der Waals surface area contributed by atoms with Gasteiger partial charge in [0.1, 0.15) is 25.3 Å². The summed E-state index contributed by atoms with van der Waals surface area (Å²) < 4.78 is 9.70. The van der Waals surface area contributed by atoms with Crippen molar-refractivity contribution in [3.8, 4) is 0 Å². The highest BCUT2D eigenvalue weighted by atomic mass is 16.5. The first-order valence-corrected chi connectivity index (χ1v) is 19.3. The van der Waals surface area contributed by atoms with Crippen molar-refractivity contribution in [2.24, 2.45) is 0 Å². The Labute approximate surface area is 328 Å². The highest BCUT2D eigenvalue weighted by Gasteiger charge is 2.27. The quantitative estimate of drug-likeness (QED) is 0.0398. The van der Waals surface area contributed by atoms with Gasteiger partial charge < -0.3 is 30.7 Å². The van der Waals surface area contributed by atoms with Crippen molar-refractivity contribution in [3.05, 3.63) is 90.5 Å². The van der Waals surface area contributed by atoms with Gasteiger partial charge in [-0.25, -0.2) is 4.79 Å². The number of carbonyl (C=O) groups is 7. The lowest BCUT2D eigenvalue weighted by molar-refractivity contribution is -0.137. The molecule has 2 aromatic carbocycles. The van der Waals surface area contributed by atoms with Gasteiger partial charge in [-0.05, 0) is 55.4 Å². The molecule has 3 rings (SSSR count). The van der Waals surface area contributed by atoms with Crippen LogP contribution in [0, 0.1) is 0 Å². The fourth-order valence-electron chi connectivity index (χ4n) is 6.03. The van der Waals surface area contributed by atoms with Gasteiger partial charge in [-0.2, -0.15) is 0 Å². The van der Waals surface area contributed by atoms with E-state index in [1.807, 2.05) is 30.3 Å². The van der Waals surface area contributed by atoms with Crippen LogP contribution in [-0.4, -0.2) is 78.8 Å². The Bertz CT molecular complexity index is 1600. The summed E-state index contributed by atoms with van der Waals surface area (Å²) in [6.45, 7) is 4.79. The molecule has 4 N–H and O–H groups in total. The van der Waals surface area contributed by atoms with Crippen molar-refractivity contribution in [3.63, 3.8) is 0 Å². The van der Waals surface area contributed by atoms with Gasteiger partial charge in [0.05, 0.1) is 0 Å². The van der Waals surface area contributed by atoms with E-state index in [4.69, 9.17) is 9.47 Å². The topological polar surface area (TPSA) is 189 Å². The molecule has 0 unspecified atom stereocenters. The van der Waals surface area contributed by atoms with Crippen molar-refractivity contribution in [1.82, 2.24) is 20.9 Å². The summed E-state index contributed by atoms with van der Waals surface area (Å²) >= 11 is 0. The number of ether oxygens (including phenoxy) is 2. The maximum Gasteiger partial charge on any atom is 0.407 e. The Kier molecular flexibility index (Phi) is 20.8. The standard InChI is InChI=1S/C42H55N5O9/c1-2-28-56-42(54)43-26-14-13-18-35(40(52)44-34-22-20-33(21-23-34)30-55-31-48)46-41(53)36(29-32-16-10-9-11-17-32)45-37(49)19-12-7-5-3-4-6-8-15-27-47-38(50)24-25-39(47)51/h2,9-11,16-17,20-25,31,35-36H,1,3-8,12-15,18-19,26-30H2,(H,43,54)(H,44,52)(H,45,49)(H,46,53)/t35-,36-/m0/s1. The number of nitrogens with one attached hydrogen (secondary N) is 4. The van der Waals surface area contributed by atoms with Gasteiger partial charge in [-0.3, -0.25) is 33.7 Å². The molecule has 1 aliphatic heterocycles. The Balaban J connectivity index is 1.52. The fourth-order valence-corrected chi connectivity index (χ4v) is 6.03. The van der Waals surface area contributed by atoms with Crippen LogP contribution in [0.25, 0.3) is 0 Å². The molecule has 302 valence electrons. The maximum atomic E-state index is 13.8. The van der Waals surface area contributed by atoms with Gasteiger partial charge in [-0.15, -0.1) is 0 Å². The number of benzene rings is 2. The number of amides is 6. The van der Waals surface area contributed by atoms with Crippen LogP contribution >= 0.6 is 0 Å². The second-order valence-electron chi connectivity index (χ2n) is 13.5. The Morgan fingerprint density at radius 3 is 2.05 bits per heavy atom. The molecule has 14 heteroatoms. The molecular formula is C42H55N5O9. The number of alkyl carbamates (subject to hydrolysis) is 1.